The fraction of sp³-hybridized carbons (Fsp3) is 0.250. The van der Waals surface area contributed by atoms with Crippen LogP contribution in [0.15, 0.2) is 42.5 Å². The Bertz CT molecular complexity index is 573. The standard InChI is InChI=1S/C16H18ClN/c1-11-6-4-9-15(12(11)2)16(3,18)13-7-5-8-14(17)10-13/h4-10H,18H2,1-3H3. The van der Waals surface area contributed by atoms with Crippen molar-refractivity contribution in [1.29, 1.82) is 0 Å². The Labute approximate surface area is 114 Å². The van der Waals surface area contributed by atoms with Crippen molar-refractivity contribution in [3.63, 3.8) is 0 Å². The van der Waals surface area contributed by atoms with Gasteiger partial charge in [0, 0.05) is 5.02 Å². The lowest BCUT2D eigenvalue weighted by Gasteiger charge is -2.28. The smallest absolute Gasteiger partial charge is 0.0640 e. The Hall–Kier alpha value is -1.31. The van der Waals surface area contributed by atoms with Crippen molar-refractivity contribution < 1.29 is 0 Å². The zero-order chi connectivity index (χ0) is 13.3. The van der Waals surface area contributed by atoms with Gasteiger partial charge in [0.1, 0.15) is 0 Å². The highest BCUT2D eigenvalue weighted by molar-refractivity contribution is 6.30. The summed E-state index contributed by atoms with van der Waals surface area (Å²) in [6.07, 6.45) is 0. The molecule has 2 rings (SSSR count). The molecule has 0 radical (unpaired) electrons. The molecule has 1 nitrogen and oxygen atoms in total. The molecular weight excluding hydrogens is 242 g/mol. The molecule has 1 unspecified atom stereocenters. The van der Waals surface area contributed by atoms with E-state index in [1.165, 1.54) is 11.1 Å². The highest BCUT2D eigenvalue weighted by Crippen LogP contribution is 2.31. The van der Waals surface area contributed by atoms with Gasteiger partial charge in [0.15, 0.2) is 0 Å². The summed E-state index contributed by atoms with van der Waals surface area (Å²) in [6.45, 7) is 6.24. The van der Waals surface area contributed by atoms with Crippen LogP contribution in [-0.4, -0.2) is 0 Å². The minimum absolute atomic E-state index is 0.527. The van der Waals surface area contributed by atoms with E-state index in [0.29, 0.717) is 0 Å². The van der Waals surface area contributed by atoms with Crippen LogP contribution < -0.4 is 5.73 Å². The quantitative estimate of drug-likeness (QED) is 0.860. The summed E-state index contributed by atoms with van der Waals surface area (Å²) in [6, 6.07) is 14.0. The fourth-order valence-electron chi connectivity index (χ4n) is 2.28. The van der Waals surface area contributed by atoms with E-state index in [0.717, 1.165) is 16.1 Å². The Morgan fingerprint density at radius 2 is 1.72 bits per heavy atom. The maximum Gasteiger partial charge on any atom is 0.0640 e. The van der Waals surface area contributed by atoms with Gasteiger partial charge in [0.2, 0.25) is 0 Å². The molecule has 0 aliphatic heterocycles. The lowest BCUT2D eigenvalue weighted by atomic mass is 9.82. The van der Waals surface area contributed by atoms with Crippen LogP contribution in [0.5, 0.6) is 0 Å². The van der Waals surface area contributed by atoms with Gasteiger partial charge in [-0.3, -0.25) is 0 Å². The normalized spacial score (nSPS) is 14.3. The lowest BCUT2D eigenvalue weighted by Crippen LogP contribution is -2.35. The summed E-state index contributed by atoms with van der Waals surface area (Å²) in [4.78, 5) is 0. The Kier molecular flexibility index (Phi) is 3.47. The maximum absolute atomic E-state index is 6.54. The SMILES string of the molecule is Cc1cccc(C(C)(N)c2cccc(Cl)c2)c1C. The lowest BCUT2D eigenvalue weighted by molar-refractivity contribution is 0.598. The highest BCUT2D eigenvalue weighted by atomic mass is 35.5. The number of aryl methyl sites for hydroxylation is 1. The van der Waals surface area contributed by atoms with Gasteiger partial charge >= 0.3 is 0 Å². The second kappa shape index (κ2) is 4.75. The van der Waals surface area contributed by atoms with E-state index >= 15 is 0 Å². The molecule has 94 valence electrons. The van der Waals surface area contributed by atoms with Gasteiger partial charge in [0.05, 0.1) is 5.54 Å². The average molecular weight is 260 g/mol. The van der Waals surface area contributed by atoms with Crippen LogP contribution in [0.2, 0.25) is 5.02 Å². The first-order valence-electron chi connectivity index (χ1n) is 6.04. The van der Waals surface area contributed by atoms with E-state index in [-0.39, 0.29) is 0 Å². The van der Waals surface area contributed by atoms with Crippen LogP contribution in [0.4, 0.5) is 0 Å². The van der Waals surface area contributed by atoms with Crippen molar-refractivity contribution in [2.75, 3.05) is 0 Å². The minimum atomic E-state index is -0.527. The molecule has 0 spiro atoms. The topological polar surface area (TPSA) is 26.0 Å². The summed E-state index contributed by atoms with van der Waals surface area (Å²) in [7, 11) is 0. The third-order valence-corrected chi connectivity index (χ3v) is 3.82. The van der Waals surface area contributed by atoms with Crippen LogP contribution in [0, 0.1) is 13.8 Å². The van der Waals surface area contributed by atoms with Gasteiger partial charge in [-0.15, -0.1) is 0 Å². The number of benzene rings is 2. The molecule has 0 fully saturated rings. The van der Waals surface area contributed by atoms with Crippen LogP contribution >= 0.6 is 11.6 Å². The molecule has 2 aromatic carbocycles. The van der Waals surface area contributed by atoms with Crippen molar-refractivity contribution in [2.24, 2.45) is 5.73 Å². The van der Waals surface area contributed by atoms with Crippen LogP contribution in [0.25, 0.3) is 0 Å². The van der Waals surface area contributed by atoms with Crippen molar-refractivity contribution in [2.45, 2.75) is 26.3 Å². The maximum atomic E-state index is 6.54. The molecule has 0 aliphatic rings. The molecule has 2 heteroatoms. The van der Waals surface area contributed by atoms with Crippen molar-refractivity contribution in [3.8, 4) is 0 Å². The predicted molar refractivity (Wildman–Crippen MR) is 78.0 cm³/mol. The van der Waals surface area contributed by atoms with Crippen molar-refractivity contribution >= 4 is 11.6 Å². The molecule has 0 saturated heterocycles. The molecule has 0 saturated carbocycles. The van der Waals surface area contributed by atoms with E-state index in [2.05, 4.69) is 26.0 Å². The van der Waals surface area contributed by atoms with Gasteiger partial charge in [-0.05, 0) is 55.2 Å². The summed E-state index contributed by atoms with van der Waals surface area (Å²) in [5, 5.41) is 0.717. The number of halogens is 1. The molecule has 0 aromatic heterocycles. The second-order valence-corrected chi connectivity index (χ2v) is 5.40. The zero-order valence-corrected chi connectivity index (χ0v) is 11.8. The van der Waals surface area contributed by atoms with Crippen molar-refractivity contribution in [1.82, 2.24) is 0 Å². The first-order chi connectivity index (χ1) is 8.43. The Morgan fingerprint density at radius 1 is 1.06 bits per heavy atom. The molecule has 0 amide bonds. The summed E-state index contributed by atoms with van der Waals surface area (Å²) < 4.78 is 0. The van der Waals surface area contributed by atoms with Crippen LogP contribution in [0.3, 0.4) is 0 Å². The molecule has 2 N–H and O–H groups in total. The molecule has 2 aromatic rings. The van der Waals surface area contributed by atoms with Crippen LogP contribution in [0.1, 0.15) is 29.2 Å². The van der Waals surface area contributed by atoms with E-state index in [1.807, 2.05) is 37.3 Å². The average Bonchev–Trinajstić information content (AvgIpc) is 2.32. The van der Waals surface area contributed by atoms with Gasteiger partial charge in [-0.2, -0.15) is 0 Å². The van der Waals surface area contributed by atoms with Crippen LogP contribution in [-0.2, 0) is 5.54 Å². The summed E-state index contributed by atoms with van der Waals surface area (Å²) in [5.41, 5.74) is 10.7. The number of nitrogens with two attached hydrogens (primary N) is 1. The number of hydrogen-bond acceptors (Lipinski definition) is 1. The highest BCUT2D eigenvalue weighted by Gasteiger charge is 2.25. The Morgan fingerprint density at radius 3 is 2.39 bits per heavy atom. The first kappa shape index (κ1) is 13.1. The molecule has 0 aliphatic carbocycles. The Balaban J connectivity index is 2.57. The zero-order valence-electron chi connectivity index (χ0n) is 11.0. The fourth-order valence-corrected chi connectivity index (χ4v) is 2.47. The second-order valence-electron chi connectivity index (χ2n) is 4.96. The molecule has 1 atom stereocenters. The monoisotopic (exact) mass is 259 g/mol. The number of rotatable bonds is 2. The first-order valence-corrected chi connectivity index (χ1v) is 6.42. The molecular formula is C16H18ClN. The van der Waals surface area contributed by atoms with E-state index in [4.69, 9.17) is 17.3 Å². The van der Waals surface area contributed by atoms with Crippen molar-refractivity contribution in [3.05, 3.63) is 69.7 Å². The van der Waals surface area contributed by atoms with E-state index in [9.17, 15) is 0 Å². The predicted octanol–water partition coefficient (Wildman–Crippen LogP) is 4.18. The number of hydrogen-bond donors (Lipinski definition) is 1. The molecule has 0 heterocycles. The van der Waals surface area contributed by atoms with E-state index < -0.39 is 5.54 Å². The third-order valence-electron chi connectivity index (χ3n) is 3.59. The summed E-state index contributed by atoms with van der Waals surface area (Å²) >= 11 is 6.05. The minimum Gasteiger partial charge on any atom is -0.318 e. The molecule has 0 bridgehead atoms. The van der Waals surface area contributed by atoms with Gasteiger partial charge in [-0.1, -0.05) is 41.9 Å². The van der Waals surface area contributed by atoms with E-state index in [1.54, 1.807) is 0 Å². The molecule has 18 heavy (non-hydrogen) atoms. The third kappa shape index (κ3) is 2.29. The van der Waals surface area contributed by atoms with Gasteiger partial charge in [-0.25, -0.2) is 0 Å². The van der Waals surface area contributed by atoms with Gasteiger partial charge in [0.25, 0.3) is 0 Å². The largest absolute Gasteiger partial charge is 0.318 e. The summed E-state index contributed by atoms with van der Waals surface area (Å²) in [5.74, 6) is 0. The van der Waals surface area contributed by atoms with Gasteiger partial charge < -0.3 is 5.73 Å².